The maximum Gasteiger partial charge on any atom is 0.244 e. The zero-order valence-electron chi connectivity index (χ0n) is 12.0. The number of nitrogens with two attached hydrogens (primary N) is 1. The molecule has 0 saturated carbocycles. The zero-order chi connectivity index (χ0) is 14.4. The van der Waals surface area contributed by atoms with E-state index >= 15 is 0 Å². The van der Waals surface area contributed by atoms with E-state index in [2.05, 4.69) is 17.1 Å². The van der Waals surface area contributed by atoms with Crippen LogP contribution in [0.4, 0.5) is 5.69 Å². The molecule has 3 N–H and O–H groups in total. The third-order valence-corrected chi connectivity index (χ3v) is 3.72. The van der Waals surface area contributed by atoms with Gasteiger partial charge in [0, 0.05) is 30.9 Å². The third-order valence-electron chi connectivity index (χ3n) is 3.72. The first-order chi connectivity index (χ1) is 9.67. The van der Waals surface area contributed by atoms with Crippen LogP contribution >= 0.6 is 0 Å². The zero-order valence-corrected chi connectivity index (χ0v) is 12.0. The van der Waals surface area contributed by atoms with Crippen molar-refractivity contribution in [1.82, 2.24) is 10.2 Å². The predicted molar refractivity (Wildman–Crippen MR) is 83.2 cm³/mol. The number of amides is 1. The van der Waals surface area contributed by atoms with Crippen LogP contribution in [-0.2, 0) is 4.79 Å². The number of hydrogen-bond donors (Lipinski definition) is 2. The molecule has 4 nitrogen and oxygen atoms in total. The van der Waals surface area contributed by atoms with Crippen LogP contribution < -0.4 is 11.1 Å². The number of hydrogen-bond acceptors (Lipinski definition) is 3. The molecule has 1 aliphatic rings. The van der Waals surface area contributed by atoms with Gasteiger partial charge in [0.15, 0.2) is 0 Å². The van der Waals surface area contributed by atoms with Crippen molar-refractivity contribution in [2.75, 3.05) is 25.4 Å². The van der Waals surface area contributed by atoms with Gasteiger partial charge in [-0.2, -0.15) is 0 Å². The molecule has 0 unspecified atom stereocenters. The molecule has 2 rings (SSSR count). The van der Waals surface area contributed by atoms with Gasteiger partial charge in [-0.3, -0.25) is 4.79 Å². The first-order valence-electron chi connectivity index (χ1n) is 7.24. The van der Waals surface area contributed by atoms with E-state index in [1.54, 1.807) is 12.2 Å². The van der Waals surface area contributed by atoms with E-state index in [0.717, 1.165) is 38.0 Å². The normalized spacial score (nSPS) is 17.4. The van der Waals surface area contributed by atoms with Gasteiger partial charge in [-0.1, -0.05) is 19.1 Å². The summed E-state index contributed by atoms with van der Waals surface area (Å²) in [5.74, 6) is -0.0256. The molecule has 20 heavy (non-hydrogen) atoms. The quantitative estimate of drug-likeness (QED) is 0.650. The van der Waals surface area contributed by atoms with Crippen molar-refractivity contribution < 1.29 is 4.79 Å². The Hall–Kier alpha value is -1.81. The number of anilines is 1. The third kappa shape index (κ3) is 4.38. The highest BCUT2D eigenvalue weighted by Gasteiger charge is 2.18. The van der Waals surface area contributed by atoms with Crippen molar-refractivity contribution >= 4 is 17.7 Å². The lowest BCUT2D eigenvalue weighted by Gasteiger charge is -2.31. The summed E-state index contributed by atoms with van der Waals surface area (Å²) >= 11 is 0. The fourth-order valence-corrected chi connectivity index (χ4v) is 2.48. The number of nitrogens with one attached hydrogen (secondary N) is 1. The minimum absolute atomic E-state index is 0.0256. The fourth-order valence-electron chi connectivity index (χ4n) is 2.48. The first kappa shape index (κ1) is 14.6. The molecule has 0 bridgehead atoms. The maximum absolute atomic E-state index is 11.9. The second-order valence-electron chi connectivity index (χ2n) is 5.22. The van der Waals surface area contributed by atoms with Crippen LogP contribution in [0, 0.1) is 0 Å². The highest BCUT2D eigenvalue weighted by atomic mass is 16.1. The van der Waals surface area contributed by atoms with Gasteiger partial charge in [0.25, 0.3) is 0 Å². The number of carbonyl (C=O) groups excluding carboxylic acids is 1. The molecule has 1 saturated heterocycles. The van der Waals surface area contributed by atoms with E-state index in [-0.39, 0.29) is 5.91 Å². The number of nitrogen functional groups attached to an aromatic ring is 1. The van der Waals surface area contributed by atoms with Crippen LogP contribution in [0.3, 0.4) is 0 Å². The smallest absolute Gasteiger partial charge is 0.244 e. The van der Waals surface area contributed by atoms with Crippen molar-refractivity contribution in [2.45, 2.75) is 25.8 Å². The summed E-state index contributed by atoms with van der Waals surface area (Å²) in [5.41, 5.74) is 7.35. The first-order valence-corrected chi connectivity index (χ1v) is 7.24. The predicted octanol–water partition coefficient (Wildman–Crippen LogP) is 1.88. The maximum atomic E-state index is 11.9. The van der Waals surface area contributed by atoms with Crippen molar-refractivity contribution in [3.05, 3.63) is 35.9 Å². The minimum Gasteiger partial charge on any atom is -0.399 e. The highest BCUT2D eigenvalue weighted by Crippen LogP contribution is 2.10. The Morgan fingerprint density at radius 3 is 2.85 bits per heavy atom. The van der Waals surface area contributed by atoms with Crippen molar-refractivity contribution in [1.29, 1.82) is 0 Å². The summed E-state index contributed by atoms with van der Waals surface area (Å²) in [6.07, 6.45) is 5.45. The molecule has 1 amide bonds. The van der Waals surface area contributed by atoms with Crippen LogP contribution in [0.1, 0.15) is 25.3 Å². The van der Waals surface area contributed by atoms with Gasteiger partial charge in [-0.15, -0.1) is 0 Å². The summed E-state index contributed by atoms with van der Waals surface area (Å²) in [6.45, 7) is 5.41. The number of nitrogens with zero attached hydrogens (tertiary/aromatic N) is 1. The summed E-state index contributed by atoms with van der Waals surface area (Å²) in [7, 11) is 0. The van der Waals surface area contributed by atoms with E-state index in [1.807, 2.05) is 24.3 Å². The van der Waals surface area contributed by atoms with Gasteiger partial charge in [-0.05, 0) is 43.2 Å². The minimum atomic E-state index is -0.0256. The van der Waals surface area contributed by atoms with Gasteiger partial charge in [0.05, 0.1) is 0 Å². The molecule has 0 aromatic heterocycles. The average Bonchev–Trinajstić information content (AvgIpc) is 2.46. The van der Waals surface area contributed by atoms with E-state index in [0.29, 0.717) is 11.7 Å². The largest absolute Gasteiger partial charge is 0.399 e. The molecule has 0 aliphatic carbocycles. The molecule has 0 atom stereocenters. The Bertz CT molecular complexity index is 476. The number of carbonyl (C=O) groups is 1. The van der Waals surface area contributed by atoms with E-state index in [4.69, 9.17) is 5.73 Å². The Morgan fingerprint density at radius 2 is 2.20 bits per heavy atom. The Balaban J connectivity index is 1.81. The average molecular weight is 273 g/mol. The summed E-state index contributed by atoms with van der Waals surface area (Å²) < 4.78 is 0. The fraction of sp³-hybridized carbons (Fsp3) is 0.438. The van der Waals surface area contributed by atoms with Crippen LogP contribution in [0.5, 0.6) is 0 Å². The lowest BCUT2D eigenvalue weighted by molar-refractivity contribution is -0.117. The summed E-state index contributed by atoms with van der Waals surface area (Å²) in [4.78, 5) is 14.3. The molecular formula is C16H23N3O. The van der Waals surface area contributed by atoms with Gasteiger partial charge < -0.3 is 16.0 Å². The van der Waals surface area contributed by atoms with E-state index < -0.39 is 0 Å². The van der Waals surface area contributed by atoms with E-state index in [9.17, 15) is 4.79 Å². The summed E-state index contributed by atoms with van der Waals surface area (Å²) in [6, 6.07) is 7.80. The second kappa shape index (κ2) is 7.10. The SMILES string of the molecule is CCN1CCC(NC(=O)/C=C/c2cccc(N)c2)CC1. The lowest BCUT2D eigenvalue weighted by Crippen LogP contribution is -2.44. The molecule has 1 aromatic carbocycles. The van der Waals surface area contributed by atoms with E-state index in [1.165, 1.54) is 0 Å². The molecule has 1 aromatic rings. The topological polar surface area (TPSA) is 58.4 Å². The van der Waals surface area contributed by atoms with Crippen molar-refractivity contribution in [3.63, 3.8) is 0 Å². The standard InChI is InChI=1S/C16H23N3O/c1-2-19-10-8-15(9-11-19)18-16(20)7-6-13-4-3-5-14(17)12-13/h3-7,12,15H,2,8-11,17H2,1H3,(H,18,20)/b7-6+. The molecule has 108 valence electrons. The molecule has 1 aliphatic heterocycles. The van der Waals surface area contributed by atoms with Gasteiger partial charge in [-0.25, -0.2) is 0 Å². The Kier molecular flexibility index (Phi) is 5.18. The molecule has 1 fully saturated rings. The van der Waals surface area contributed by atoms with Gasteiger partial charge in [0.1, 0.15) is 0 Å². The number of likely N-dealkylation sites (tertiary alicyclic amines) is 1. The van der Waals surface area contributed by atoms with Crippen LogP contribution in [0.15, 0.2) is 30.3 Å². The summed E-state index contributed by atoms with van der Waals surface area (Å²) in [5, 5.41) is 3.06. The lowest BCUT2D eigenvalue weighted by atomic mass is 10.1. The van der Waals surface area contributed by atoms with Crippen molar-refractivity contribution in [3.8, 4) is 0 Å². The van der Waals surface area contributed by atoms with Crippen molar-refractivity contribution in [2.24, 2.45) is 0 Å². The number of piperidine rings is 1. The van der Waals surface area contributed by atoms with Crippen LogP contribution in [-0.4, -0.2) is 36.5 Å². The monoisotopic (exact) mass is 273 g/mol. The number of benzene rings is 1. The number of rotatable bonds is 4. The second-order valence-corrected chi connectivity index (χ2v) is 5.22. The molecule has 0 radical (unpaired) electrons. The van der Waals surface area contributed by atoms with Gasteiger partial charge >= 0.3 is 0 Å². The molecule has 1 heterocycles. The molecular weight excluding hydrogens is 250 g/mol. The van der Waals surface area contributed by atoms with Crippen LogP contribution in [0.25, 0.3) is 6.08 Å². The Morgan fingerprint density at radius 1 is 1.45 bits per heavy atom. The highest BCUT2D eigenvalue weighted by molar-refractivity contribution is 5.92. The molecule has 0 spiro atoms. The van der Waals surface area contributed by atoms with Crippen LogP contribution in [0.2, 0.25) is 0 Å². The Labute approximate surface area is 120 Å². The van der Waals surface area contributed by atoms with Gasteiger partial charge in [0.2, 0.25) is 5.91 Å². The molecule has 4 heteroatoms.